The van der Waals surface area contributed by atoms with Crippen LogP contribution >= 0.6 is 0 Å². The van der Waals surface area contributed by atoms with Crippen molar-refractivity contribution in [3.05, 3.63) is 23.9 Å². The summed E-state index contributed by atoms with van der Waals surface area (Å²) in [6.45, 7) is 11.8. The molecule has 21 heavy (non-hydrogen) atoms. The van der Waals surface area contributed by atoms with Gasteiger partial charge in [-0.3, -0.25) is 0 Å². The Labute approximate surface area is 130 Å². The lowest BCUT2D eigenvalue weighted by Gasteiger charge is -2.29. The van der Waals surface area contributed by atoms with Crippen molar-refractivity contribution in [1.82, 2.24) is 15.2 Å². The molecule has 0 amide bonds. The summed E-state index contributed by atoms with van der Waals surface area (Å²) in [5, 5.41) is 3.49. The summed E-state index contributed by atoms with van der Waals surface area (Å²) in [5.74, 6) is 1.77. The monoisotopic (exact) mass is 292 g/mol. The van der Waals surface area contributed by atoms with Crippen molar-refractivity contribution < 1.29 is 0 Å². The van der Waals surface area contributed by atoms with Gasteiger partial charge >= 0.3 is 0 Å². The largest absolute Gasteiger partial charge is 0.355 e. The predicted octanol–water partition coefficient (Wildman–Crippen LogP) is 2.61. The Hall–Kier alpha value is -1.13. The van der Waals surface area contributed by atoms with Gasteiger partial charge in [0.25, 0.3) is 0 Å². The normalized spacial score (nSPS) is 11.4. The van der Waals surface area contributed by atoms with E-state index in [0.29, 0.717) is 5.92 Å². The molecule has 0 radical (unpaired) electrons. The van der Waals surface area contributed by atoms with E-state index in [1.54, 1.807) is 0 Å². The molecule has 0 aliphatic carbocycles. The summed E-state index contributed by atoms with van der Waals surface area (Å²) in [6.07, 6.45) is 3.06. The number of hydrogen-bond donors (Lipinski definition) is 1. The molecule has 1 rings (SSSR count). The zero-order chi connectivity index (χ0) is 15.7. The summed E-state index contributed by atoms with van der Waals surface area (Å²) in [5.41, 5.74) is 1.30. The highest BCUT2D eigenvalue weighted by atomic mass is 15.2. The highest BCUT2D eigenvalue weighted by molar-refractivity contribution is 5.46. The van der Waals surface area contributed by atoms with Crippen LogP contribution in [0.2, 0.25) is 0 Å². The standard InChI is InChI=1S/C17H32N4/c1-6-9-18-13-16-8-7-10-19-17(16)21(14-15(2)3)12-11-20(4)5/h7-8,10,15,18H,6,9,11-14H2,1-5H3. The molecule has 0 saturated heterocycles. The minimum absolute atomic E-state index is 0.630. The highest BCUT2D eigenvalue weighted by Gasteiger charge is 2.14. The van der Waals surface area contributed by atoms with E-state index in [0.717, 1.165) is 45.0 Å². The van der Waals surface area contributed by atoms with Gasteiger partial charge in [0, 0.05) is 37.9 Å². The summed E-state index contributed by atoms with van der Waals surface area (Å²) in [6, 6.07) is 4.22. The Morgan fingerprint density at radius 3 is 2.62 bits per heavy atom. The molecule has 1 N–H and O–H groups in total. The zero-order valence-electron chi connectivity index (χ0n) is 14.4. The van der Waals surface area contributed by atoms with Crippen LogP contribution in [0.5, 0.6) is 0 Å². The quantitative estimate of drug-likeness (QED) is 0.672. The first-order valence-corrected chi connectivity index (χ1v) is 8.08. The minimum Gasteiger partial charge on any atom is -0.355 e. The fourth-order valence-corrected chi connectivity index (χ4v) is 2.30. The van der Waals surface area contributed by atoms with Crippen molar-refractivity contribution in [2.24, 2.45) is 5.92 Å². The fraction of sp³-hybridized carbons (Fsp3) is 0.706. The van der Waals surface area contributed by atoms with E-state index in [2.05, 4.69) is 61.0 Å². The third kappa shape index (κ3) is 6.91. The lowest BCUT2D eigenvalue weighted by atomic mass is 10.1. The molecular weight excluding hydrogens is 260 g/mol. The minimum atomic E-state index is 0.630. The van der Waals surface area contributed by atoms with E-state index in [9.17, 15) is 0 Å². The summed E-state index contributed by atoms with van der Waals surface area (Å²) < 4.78 is 0. The van der Waals surface area contributed by atoms with Gasteiger partial charge in [-0.25, -0.2) is 4.98 Å². The highest BCUT2D eigenvalue weighted by Crippen LogP contribution is 2.18. The molecule has 4 nitrogen and oxygen atoms in total. The van der Waals surface area contributed by atoms with E-state index >= 15 is 0 Å². The second-order valence-electron chi connectivity index (χ2n) is 6.31. The first-order valence-electron chi connectivity index (χ1n) is 8.08. The molecule has 120 valence electrons. The fourth-order valence-electron chi connectivity index (χ4n) is 2.30. The first kappa shape index (κ1) is 17.9. The van der Waals surface area contributed by atoms with E-state index in [1.807, 2.05) is 12.3 Å². The molecule has 0 aliphatic rings. The van der Waals surface area contributed by atoms with E-state index in [4.69, 9.17) is 0 Å². The first-order chi connectivity index (χ1) is 10.0. The van der Waals surface area contributed by atoms with Gasteiger partial charge in [-0.1, -0.05) is 26.8 Å². The van der Waals surface area contributed by atoms with Crippen LogP contribution in [-0.2, 0) is 6.54 Å². The molecule has 0 aliphatic heterocycles. The molecule has 0 spiro atoms. The van der Waals surface area contributed by atoms with Gasteiger partial charge < -0.3 is 15.1 Å². The molecule has 0 unspecified atom stereocenters. The molecule has 0 saturated carbocycles. The number of likely N-dealkylation sites (N-methyl/N-ethyl adjacent to an activating group) is 1. The second-order valence-corrected chi connectivity index (χ2v) is 6.31. The number of rotatable bonds is 10. The molecule has 1 aromatic rings. The van der Waals surface area contributed by atoms with Crippen molar-refractivity contribution in [2.75, 3.05) is 45.2 Å². The topological polar surface area (TPSA) is 31.4 Å². The van der Waals surface area contributed by atoms with Gasteiger partial charge in [0.15, 0.2) is 0 Å². The summed E-state index contributed by atoms with van der Waals surface area (Å²) in [7, 11) is 4.24. The maximum absolute atomic E-state index is 4.66. The van der Waals surface area contributed by atoms with E-state index < -0.39 is 0 Å². The average molecular weight is 292 g/mol. The van der Waals surface area contributed by atoms with Crippen LogP contribution in [0.3, 0.4) is 0 Å². The van der Waals surface area contributed by atoms with Crippen LogP contribution in [0.25, 0.3) is 0 Å². The van der Waals surface area contributed by atoms with Crippen LogP contribution in [0, 0.1) is 5.92 Å². The molecule has 0 fully saturated rings. The van der Waals surface area contributed by atoms with Crippen LogP contribution in [0.1, 0.15) is 32.8 Å². The number of nitrogens with zero attached hydrogens (tertiary/aromatic N) is 3. The smallest absolute Gasteiger partial charge is 0.133 e. The number of pyridine rings is 1. The Morgan fingerprint density at radius 2 is 2.00 bits per heavy atom. The van der Waals surface area contributed by atoms with E-state index in [-0.39, 0.29) is 0 Å². The Balaban J connectivity index is 2.83. The molecule has 1 heterocycles. The SMILES string of the molecule is CCCNCc1cccnc1N(CCN(C)C)CC(C)C. The Bertz CT molecular complexity index is 390. The van der Waals surface area contributed by atoms with Gasteiger partial charge in [-0.05, 0) is 39.0 Å². The number of aromatic nitrogens is 1. The van der Waals surface area contributed by atoms with E-state index in [1.165, 1.54) is 5.56 Å². The lowest BCUT2D eigenvalue weighted by molar-refractivity contribution is 0.408. The van der Waals surface area contributed by atoms with Crippen LogP contribution in [-0.4, -0.2) is 50.2 Å². The maximum atomic E-state index is 4.66. The lowest BCUT2D eigenvalue weighted by Crippen LogP contribution is -2.36. The Morgan fingerprint density at radius 1 is 1.24 bits per heavy atom. The van der Waals surface area contributed by atoms with Crippen molar-refractivity contribution in [1.29, 1.82) is 0 Å². The van der Waals surface area contributed by atoms with Crippen molar-refractivity contribution in [3.8, 4) is 0 Å². The van der Waals surface area contributed by atoms with Crippen LogP contribution in [0.15, 0.2) is 18.3 Å². The molecule has 1 aromatic heterocycles. The molecule has 0 bridgehead atoms. The van der Waals surface area contributed by atoms with Crippen LogP contribution in [0.4, 0.5) is 5.82 Å². The van der Waals surface area contributed by atoms with Crippen molar-refractivity contribution >= 4 is 5.82 Å². The number of nitrogens with one attached hydrogen (secondary N) is 1. The van der Waals surface area contributed by atoms with Crippen molar-refractivity contribution in [2.45, 2.75) is 33.7 Å². The average Bonchev–Trinajstić information content (AvgIpc) is 2.44. The second kappa shape index (κ2) is 9.74. The molecular formula is C17H32N4. The Kier molecular flexibility index (Phi) is 8.31. The molecule has 0 aromatic carbocycles. The van der Waals surface area contributed by atoms with Gasteiger partial charge in [0.05, 0.1) is 0 Å². The van der Waals surface area contributed by atoms with Crippen LogP contribution < -0.4 is 10.2 Å². The third-order valence-electron chi connectivity index (χ3n) is 3.31. The zero-order valence-corrected chi connectivity index (χ0v) is 14.4. The van der Waals surface area contributed by atoms with Gasteiger partial charge in [0.2, 0.25) is 0 Å². The maximum Gasteiger partial charge on any atom is 0.133 e. The van der Waals surface area contributed by atoms with Crippen molar-refractivity contribution in [3.63, 3.8) is 0 Å². The van der Waals surface area contributed by atoms with Gasteiger partial charge in [-0.15, -0.1) is 0 Å². The third-order valence-corrected chi connectivity index (χ3v) is 3.31. The summed E-state index contributed by atoms with van der Waals surface area (Å²) >= 11 is 0. The number of anilines is 1. The summed E-state index contributed by atoms with van der Waals surface area (Å²) in [4.78, 5) is 9.31. The van der Waals surface area contributed by atoms with Gasteiger partial charge in [-0.2, -0.15) is 0 Å². The molecule has 0 atom stereocenters. The predicted molar refractivity (Wildman–Crippen MR) is 91.8 cm³/mol. The van der Waals surface area contributed by atoms with Gasteiger partial charge in [0.1, 0.15) is 5.82 Å². The number of hydrogen-bond acceptors (Lipinski definition) is 4. The molecule has 4 heteroatoms.